The summed E-state index contributed by atoms with van der Waals surface area (Å²) in [6.07, 6.45) is 0. The van der Waals surface area contributed by atoms with E-state index in [0.717, 1.165) is 0 Å². The molecule has 0 heterocycles. The molecule has 0 amide bonds. The van der Waals surface area contributed by atoms with E-state index in [2.05, 4.69) is 0 Å². The molecule has 0 aromatic carbocycles. The standard InChI is InChI=1S/C4H10O.C2H6O.Li.H/c1-4(2,3)5;1-2-3;;/h5H,1-3H3;3H,2H2,1H3;;. The van der Waals surface area contributed by atoms with Crippen LogP contribution in [0.15, 0.2) is 0 Å². The first-order valence-corrected chi connectivity index (χ1v) is 2.75. The van der Waals surface area contributed by atoms with Crippen molar-refractivity contribution in [2.75, 3.05) is 6.61 Å². The predicted octanol–water partition coefficient (Wildman–Crippen LogP) is 0.127. The van der Waals surface area contributed by atoms with E-state index in [1.54, 1.807) is 27.7 Å². The molecule has 9 heavy (non-hydrogen) atoms. The van der Waals surface area contributed by atoms with Crippen LogP contribution in [0.25, 0.3) is 0 Å². The van der Waals surface area contributed by atoms with Crippen molar-refractivity contribution in [2.24, 2.45) is 0 Å². The van der Waals surface area contributed by atoms with E-state index in [1.165, 1.54) is 0 Å². The van der Waals surface area contributed by atoms with Crippen molar-refractivity contribution in [1.29, 1.82) is 0 Å². The van der Waals surface area contributed by atoms with E-state index in [9.17, 15) is 0 Å². The molecule has 0 atom stereocenters. The molecular weight excluding hydrogens is 111 g/mol. The molecule has 2 N–H and O–H groups in total. The number of hydrogen-bond donors (Lipinski definition) is 2. The van der Waals surface area contributed by atoms with Gasteiger partial charge in [-0.2, -0.15) is 0 Å². The van der Waals surface area contributed by atoms with Gasteiger partial charge in [0.2, 0.25) is 0 Å². The van der Waals surface area contributed by atoms with E-state index in [-0.39, 0.29) is 25.5 Å². The van der Waals surface area contributed by atoms with Crippen LogP contribution in [0.1, 0.15) is 27.7 Å². The second-order valence-corrected chi connectivity index (χ2v) is 2.49. The van der Waals surface area contributed by atoms with Crippen LogP contribution in [0.3, 0.4) is 0 Å². The van der Waals surface area contributed by atoms with Gasteiger partial charge >= 0.3 is 18.9 Å². The van der Waals surface area contributed by atoms with Crippen LogP contribution in [0.4, 0.5) is 0 Å². The fourth-order valence-electron chi connectivity index (χ4n) is 0. The van der Waals surface area contributed by atoms with Gasteiger partial charge in [-0.05, 0) is 27.7 Å². The summed E-state index contributed by atoms with van der Waals surface area (Å²) in [5, 5.41) is 16.1. The van der Waals surface area contributed by atoms with Crippen LogP contribution in [0.5, 0.6) is 0 Å². The minimum absolute atomic E-state index is 0. The SMILES string of the molecule is CC(C)(C)O.CCO.[LiH]. The van der Waals surface area contributed by atoms with Gasteiger partial charge in [0.25, 0.3) is 0 Å². The zero-order chi connectivity index (χ0) is 7.21. The molecule has 0 fully saturated rings. The molecule has 0 aromatic heterocycles. The van der Waals surface area contributed by atoms with E-state index < -0.39 is 5.60 Å². The first kappa shape index (κ1) is 16.3. The summed E-state index contributed by atoms with van der Waals surface area (Å²) in [4.78, 5) is 0. The maximum atomic E-state index is 8.52. The van der Waals surface area contributed by atoms with Gasteiger partial charge in [0.15, 0.2) is 0 Å². The summed E-state index contributed by atoms with van der Waals surface area (Å²) < 4.78 is 0. The molecule has 2 nitrogen and oxygen atoms in total. The Morgan fingerprint density at radius 2 is 1.22 bits per heavy atom. The van der Waals surface area contributed by atoms with Crippen molar-refractivity contribution >= 4 is 18.9 Å². The fraction of sp³-hybridized carbons (Fsp3) is 1.00. The van der Waals surface area contributed by atoms with Gasteiger partial charge in [-0.25, -0.2) is 0 Å². The molecule has 54 valence electrons. The Bertz CT molecular complexity index is 34.8. The quantitative estimate of drug-likeness (QED) is 0.455. The molecule has 0 radical (unpaired) electrons. The van der Waals surface area contributed by atoms with Crippen molar-refractivity contribution in [3.8, 4) is 0 Å². The van der Waals surface area contributed by atoms with Gasteiger partial charge in [0.05, 0.1) is 5.60 Å². The van der Waals surface area contributed by atoms with Crippen LogP contribution in [-0.4, -0.2) is 41.3 Å². The van der Waals surface area contributed by atoms with Gasteiger partial charge in [0.1, 0.15) is 0 Å². The molecule has 0 aromatic rings. The van der Waals surface area contributed by atoms with Crippen molar-refractivity contribution in [2.45, 2.75) is 33.3 Å². The Hall–Kier alpha value is 0.517. The third kappa shape index (κ3) is 1350. The molecule has 0 aliphatic carbocycles. The third-order valence-corrected chi connectivity index (χ3v) is 0. The van der Waals surface area contributed by atoms with Crippen LogP contribution < -0.4 is 0 Å². The van der Waals surface area contributed by atoms with Crippen LogP contribution in [-0.2, 0) is 0 Å². The topological polar surface area (TPSA) is 40.5 Å². The number of aliphatic hydroxyl groups is 2. The first-order valence-electron chi connectivity index (χ1n) is 2.75. The molecule has 0 saturated carbocycles. The summed E-state index contributed by atoms with van der Waals surface area (Å²) in [7, 11) is 0. The maximum absolute atomic E-state index is 8.52. The van der Waals surface area contributed by atoms with Gasteiger partial charge in [-0.1, -0.05) is 0 Å². The van der Waals surface area contributed by atoms with E-state index in [0.29, 0.717) is 0 Å². The molecule has 0 spiro atoms. The van der Waals surface area contributed by atoms with Gasteiger partial charge in [-0.3, -0.25) is 0 Å². The average molecular weight is 128 g/mol. The van der Waals surface area contributed by atoms with Crippen molar-refractivity contribution < 1.29 is 10.2 Å². The van der Waals surface area contributed by atoms with Crippen LogP contribution >= 0.6 is 0 Å². The molecule has 0 saturated heterocycles. The monoisotopic (exact) mass is 128 g/mol. The summed E-state index contributed by atoms with van der Waals surface area (Å²) in [6.45, 7) is 7.16. The summed E-state index contributed by atoms with van der Waals surface area (Å²) >= 11 is 0. The molecule has 0 unspecified atom stereocenters. The molecule has 0 bridgehead atoms. The fourth-order valence-corrected chi connectivity index (χ4v) is 0. The molecule has 0 aliphatic heterocycles. The average Bonchev–Trinajstić information content (AvgIpc) is 1.27. The molecular formula is C6H17LiO2. The number of hydrogen-bond acceptors (Lipinski definition) is 2. The van der Waals surface area contributed by atoms with Gasteiger partial charge < -0.3 is 10.2 Å². The Balaban J connectivity index is -0.0000000800. The Morgan fingerprint density at radius 1 is 1.22 bits per heavy atom. The molecule has 0 aliphatic rings. The van der Waals surface area contributed by atoms with Crippen molar-refractivity contribution in [3.05, 3.63) is 0 Å². The number of rotatable bonds is 0. The zero-order valence-electron chi connectivity index (χ0n) is 6.10. The Labute approximate surface area is 69.5 Å². The third-order valence-electron chi connectivity index (χ3n) is 0. The van der Waals surface area contributed by atoms with Gasteiger partial charge in [-0.15, -0.1) is 0 Å². The zero-order valence-corrected chi connectivity index (χ0v) is 6.10. The van der Waals surface area contributed by atoms with Gasteiger partial charge in [0, 0.05) is 6.61 Å². The Morgan fingerprint density at radius 3 is 1.22 bits per heavy atom. The van der Waals surface area contributed by atoms with E-state index in [4.69, 9.17) is 10.2 Å². The molecule has 0 rings (SSSR count). The second kappa shape index (κ2) is 8.52. The summed E-state index contributed by atoms with van der Waals surface area (Å²) in [5.74, 6) is 0. The predicted molar refractivity (Wildman–Crippen MR) is 41.9 cm³/mol. The van der Waals surface area contributed by atoms with E-state index >= 15 is 0 Å². The minimum atomic E-state index is -0.500. The Kier molecular flexibility index (Phi) is 15.4. The number of aliphatic hydroxyl groups excluding tert-OH is 1. The van der Waals surface area contributed by atoms with E-state index in [1.807, 2.05) is 0 Å². The summed E-state index contributed by atoms with van der Waals surface area (Å²) in [6, 6.07) is 0. The van der Waals surface area contributed by atoms with Crippen molar-refractivity contribution in [3.63, 3.8) is 0 Å². The van der Waals surface area contributed by atoms with Crippen molar-refractivity contribution in [1.82, 2.24) is 0 Å². The second-order valence-electron chi connectivity index (χ2n) is 2.49. The van der Waals surface area contributed by atoms with Crippen LogP contribution in [0.2, 0.25) is 0 Å². The van der Waals surface area contributed by atoms with Crippen LogP contribution in [0, 0.1) is 0 Å². The summed E-state index contributed by atoms with van der Waals surface area (Å²) in [5.41, 5.74) is -0.500. The normalized spacial score (nSPS) is 8.67. The molecule has 3 heteroatoms. The first-order chi connectivity index (χ1) is 3.41.